The Hall–Kier alpha value is -1.17. The molecule has 0 amide bonds. The van der Waals surface area contributed by atoms with Crippen LogP contribution in [0.4, 0.5) is 5.82 Å². The standard InChI is InChI=1S/C13H23N5/c1-10-7-18(9-12(10)17(2)3)8-11-4-5-15-13(6-11)16-14/h4-6,10,12H,7-9,14H2,1-3H3,(H,15,16). The molecule has 2 rings (SSSR count). The molecule has 0 saturated carbocycles. The second kappa shape index (κ2) is 5.65. The van der Waals surface area contributed by atoms with E-state index >= 15 is 0 Å². The minimum absolute atomic E-state index is 0.652. The van der Waals surface area contributed by atoms with Gasteiger partial charge in [-0.1, -0.05) is 6.92 Å². The summed E-state index contributed by atoms with van der Waals surface area (Å²) in [6, 6.07) is 4.71. The van der Waals surface area contributed by atoms with Gasteiger partial charge < -0.3 is 10.3 Å². The fourth-order valence-corrected chi connectivity index (χ4v) is 2.76. The quantitative estimate of drug-likeness (QED) is 0.609. The predicted molar refractivity (Wildman–Crippen MR) is 74.0 cm³/mol. The number of pyridine rings is 1. The topological polar surface area (TPSA) is 57.4 Å². The van der Waals surface area contributed by atoms with Crippen molar-refractivity contribution in [3.8, 4) is 0 Å². The number of nitrogens with two attached hydrogens (primary N) is 1. The van der Waals surface area contributed by atoms with Crippen LogP contribution in [0.1, 0.15) is 12.5 Å². The maximum absolute atomic E-state index is 5.38. The Balaban J connectivity index is 1.98. The molecule has 1 aliphatic rings. The molecule has 3 N–H and O–H groups in total. The molecule has 5 nitrogen and oxygen atoms in total. The van der Waals surface area contributed by atoms with E-state index in [1.54, 1.807) is 6.20 Å². The first kappa shape index (κ1) is 13.3. The number of hydrogen-bond donors (Lipinski definition) is 2. The largest absolute Gasteiger partial charge is 0.308 e. The van der Waals surface area contributed by atoms with E-state index in [0.717, 1.165) is 25.5 Å². The second-order valence-electron chi connectivity index (χ2n) is 5.40. The molecular weight excluding hydrogens is 226 g/mol. The number of likely N-dealkylation sites (tertiary alicyclic amines) is 1. The average Bonchev–Trinajstić information content (AvgIpc) is 2.70. The van der Waals surface area contributed by atoms with Crippen LogP contribution in [0, 0.1) is 5.92 Å². The Labute approximate surface area is 109 Å². The summed E-state index contributed by atoms with van der Waals surface area (Å²) in [5.74, 6) is 6.82. The highest BCUT2D eigenvalue weighted by molar-refractivity contribution is 5.35. The molecule has 1 saturated heterocycles. The van der Waals surface area contributed by atoms with Gasteiger partial charge in [0.25, 0.3) is 0 Å². The van der Waals surface area contributed by atoms with Crippen LogP contribution in [-0.2, 0) is 6.54 Å². The Morgan fingerprint density at radius 2 is 2.28 bits per heavy atom. The van der Waals surface area contributed by atoms with Crippen LogP contribution >= 0.6 is 0 Å². The van der Waals surface area contributed by atoms with Crippen molar-refractivity contribution in [1.82, 2.24) is 14.8 Å². The van der Waals surface area contributed by atoms with Gasteiger partial charge in [0.1, 0.15) is 5.82 Å². The molecule has 0 radical (unpaired) electrons. The molecule has 1 fully saturated rings. The van der Waals surface area contributed by atoms with Crippen LogP contribution < -0.4 is 11.3 Å². The molecule has 1 aliphatic heterocycles. The van der Waals surface area contributed by atoms with Crippen molar-refractivity contribution >= 4 is 5.82 Å². The Morgan fingerprint density at radius 3 is 2.89 bits per heavy atom. The van der Waals surface area contributed by atoms with Gasteiger partial charge in [0, 0.05) is 31.9 Å². The highest BCUT2D eigenvalue weighted by Gasteiger charge is 2.30. The van der Waals surface area contributed by atoms with E-state index in [4.69, 9.17) is 5.84 Å². The summed E-state index contributed by atoms with van der Waals surface area (Å²) in [7, 11) is 4.32. The van der Waals surface area contributed by atoms with Crippen LogP contribution in [0.15, 0.2) is 18.3 Å². The summed E-state index contributed by atoms with van der Waals surface area (Å²) in [6.45, 7) is 5.56. The van der Waals surface area contributed by atoms with Crippen molar-refractivity contribution in [2.75, 3.05) is 32.6 Å². The minimum atomic E-state index is 0.652. The minimum Gasteiger partial charge on any atom is -0.308 e. The Morgan fingerprint density at radius 1 is 1.50 bits per heavy atom. The first-order chi connectivity index (χ1) is 8.60. The fraction of sp³-hybridized carbons (Fsp3) is 0.615. The lowest BCUT2D eigenvalue weighted by atomic mass is 10.1. The van der Waals surface area contributed by atoms with Crippen molar-refractivity contribution in [2.24, 2.45) is 11.8 Å². The van der Waals surface area contributed by atoms with Gasteiger partial charge in [0.2, 0.25) is 0 Å². The monoisotopic (exact) mass is 249 g/mol. The molecule has 0 aromatic carbocycles. The van der Waals surface area contributed by atoms with E-state index in [2.05, 4.69) is 47.3 Å². The third-order valence-electron chi connectivity index (χ3n) is 3.69. The van der Waals surface area contributed by atoms with E-state index in [1.165, 1.54) is 5.56 Å². The molecule has 0 bridgehead atoms. The number of rotatable bonds is 4. The van der Waals surface area contributed by atoms with Gasteiger partial charge in [-0.05, 0) is 37.7 Å². The number of aromatic nitrogens is 1. The second-order valence-corrected chi connectivity index (χ2v) is 5.40. The molecular formula is C13H23N5. The van der Waals surface area contributed by atoms with Crippen LogP contribution in [0.25, 0.3) is 0 Å². The predicted octanol–water partition coefficient (Wildman–Crippen LogP) is 0.749. The van der Waals surface area contributed by atoms with Crippen molar-refractivity contribution in [2.45, 2.75) is 19.5 Å². The van der Waals surface area contributed by atoms with Gasteiger partial charge in [-0.2, -0.15) is 0 Å². The highest BCUT2D eigenvalue weighted by Crippen LogP contribution is 2.22. The van der Waals surface area contributed by atoms with Gasteiger partial charge in [-0.3, -0.25) is 4.90 Å². The summed E-state index contributed by atoms with van der Waals surface area (Å²) >= 11 is 0. The third-order valence-corrected chi connectivity index (χ3v) is 3.69. The molecule has 100 valence electrons. The van der Waals surface area contributed by atoms with Gasteiger partial charge in [-0.25, -0.2) is 10.8 Å². The number of nitrogens with one attached hydrogen (secondary N) is 1. The zero-order valence-corrected chi connectivity index (χ0v) is 11.4. The lowest BCUT2D eigenvalue weighted by molar-refractivity contribution is 0.250. The first-order valence-corrected chi connectivity index (χ1v) is 6.40. The van der Waals surface area contributed by atoms with Crippen molar-refractivity contribution in [3.63, 3.8) is 0 Å². The van der Waals surface area contributed by atoms with E-state index in [0.29, 0.717) is 12.0 Å². The summed E-state index contributed by atoms with van der Waals surface area (Å²) in [5.41, 5.74) is 3.84. The smallest absolute Gasteiger partial charge is 0.140 e. The zero-order chi connectivity index (χ0) is 13.1. The molecule has 1 aromatic rings. The van der Waals surface area contributed by atoms with Crippen molar-refractivity contribution in [3.05, 3.63) is 23.9 Å². The van der Waals surface area contributed by atoms with Crippen LogP contribution in [0.3, 0.4) is 0 Å². The number of anilines is 1. The fourth-order valence-electron chi connectivity index (χ4n) is 2.76. The summed E-state index contributed by atoms with van der Waals surface area (Å²) < 4.78 is 0. The molecule has 0 aliphatic carbocycles. The third kappa shape index (κ3) is 2.98. The molecule has 2 heterocycles. The summed E-state index contributed by atoms with van der Waals surface area (Å²) in [4.78, 5) is 8.94. The van der Waals surface area contributed by atoms with Crippen LogP contribution in [-0.4, -0.2) is 48.0 Å². The lowest BCUT2D eigenvalue weighted by Crippen LogP contribution is -2.34. The van der Waals surface area contributed by atoms with Crippen LogP contribution in [0.5, 0.6) is 0 Å². The summed E-state index contributed by atoms with van der Waals surface area (Å²) in [5, 5.41) is 0. The highest BCUT2D eigenvalue weighted by atomic mass is 15.3. The van der Waals surface area contributed by atoms with Crippen molar-refractivity contribution < 1.29 is 0 Å². The van der Waals surface area contributed by atoms with Gasteiger partial charge in [0.05, 0.1) is 0 Å². The van der Waals surface area contributed by atoms with Crippen molar-refractivity contribution in [1.29, 1.82) is 0 Å². The van der Waals surface area contributed by atoms with E-state index < -0.39 is 0 Å². The Kier molecular flexibility index (Phi) is 4.16. The number of nitrogens with zero attached hydrogens (tertiary/aromatic N) is 3. The molecule has 2 unspecified atom stereocenters. The average molecular weight is 249 g/mol. The van der Waals surface area contributed by atoms with Gasteiger partial charge >= 0.3 is 0 Å². The normalized spacial score (nSPS) is 24.7. The first-order valence-electron chi connectivity index (χ1n) is 6.40. The molecule has 2 atom stereocenters. The lowest BCUT2D eigenvalue weighted by Gasteiger charge is -2.22. The number of hydrazine groups is 1. The summed E-state index contributed by atoms with van der Waals surface area (Å²) in [6.07, 6.45) is 1.80. The van der Waals surface area contributed by atoms with Crippen LogP contribution in [0.2, 0.25) is 0 Å². The van der Waals surface area contributed by atoms with Gasteiger partial charge in [-0.15, -0.1) is 0 Å². The number of nitrogen functional groups attached to an aromatic ring is 1. The maximum atomic E-state index is 5.38. The van der Waals surface area contributed by atoms with E-state index in [-0.39, 0.29) is 0 Å². The SMILES string of the molecule is CC1CN(Cc2ccnc(NN)c2)CC1N(C)C. The van der Waals surface area contributed by atoms with E-state index in [9.17, 15) is 0 Å². The maximum Gasteiger partial charge on any atom is 0.140 e. The molecule has 5 heteroatoms. The zero-order valence-electron chi connectivity index (χ0n) is 11.4. The number of likely N-dealkylation sites (N-methyl/N-ethyl adjacent to an activating group) is 1. The number of hydrogen-bond acceptors (Lipinski definition) is 5. The molecule has 18 heavy (non-hydrogen) atoms. The van der Waals surface area contributed by atoms with E-state index in [1.807, 2.05) is 6.07 Å². The molecule has 1 aromatic heterocycles. The van der Waals surface area contributed by atoms with Gasteiger partial charge in [0.15, 0.2) is 0 Å². The molecule has 0 spiro atoms. The Bertz CT molecular complexity index is 393.